The Balaban J connectivity index is 1.31. The van der Waals surface area contributed by atoms with E-state index < -0.39 is 48.2 Å². The molecule has 14 heteroatoms. The van der Waals surface area contributed by atoms with Crippen molar-refractivity contribution in [3.63, 3.8) is 0 Å². The summed E-state index contributed by atoms with van der Waals surface area (Å²) in [4.78, 5) is 34.2. The first kappa shape index (κ1) is 27.7. The van der Waals surface area contributed by atoms with Gasteiger partial charge in [-0.2, -0.15) is 0 Å². The lowest BCUT2D eigenvalue weighted by Crippen LogP contribution is -2.58. The van der Waals surface area contributed by atoms with Crippen molar-refractivity contribution < 1.29 is 27.1 Å². The number of alkyl halides is 2. The minimum absolute atomic E-state index is 0.0386. The predicted octanol–water partition coefficient (Wildman–Crippen LogP) is 4.71. The van der Waals surface area contributed by atoms with Gasteiger partial charge in [0.1, 0.15) is 17.7 Å². The van der Waals surface area contributed by atoms with Gasteiger partial charge in [0.25, 0.3) is 11.8 Å². The van der Waals surface area contributed by atoms with Gasteiger partial charge in [-0.15, -0.1) is 0 Å². The van der Waals surface area contributed by atoms with E-state index in [9.17, 15) is 18.0 Å². The number of aromatic amines is 1. The molecule has 3 aromatic heterocycles. The summed E-state index contributed by atoms with van der Waals surface area (Å²) in [7, 11) is 0. The summed E-state index contributed by atoms with van der Waals surface area (Å²) < 4.78 is 63.0. The lowest BCUT2D eigenvalue weighted by molar-refractivity contribution is -0.113. The maximum absolute atomic E-state index is 15.3. The highest BCUT2D eigenvalue weighted by atomic mass is 19.3. The van der Waals surface area contributed by atoms with E-state index >= 15 is 4.39 Å². The maximum atomic E-state index is 15.3. The Kier molecular flexibility index (Phi) is 7.09. The second kappa shape index (κ2) is 10.7. The number of anilines is 3. The van der Waals surface area contributed by atoms with E-state index in [0.717, 1.165) is 55.7 Å². The molecule has 0 radical (unpaired) electrons. The van der Waals surface area contributed by atoms with Crippen LogP contribution in [0.5, 0.6) is 11.6 Å². The smallest absolute Gasteiger partial charge is 0.282 e. The minimum atomic E-state index is -3.04. The number of halogens is 4. The summed E-state index contributed by atoms with van der Waals surface area (Å²) in [5, 5.41) is 2.88. The Morgan fingerprint density at radius 2 is 1.86 bits per heavy atom. The molecule has 5 heterocycles. The van der Waals surface area contributed by atoms with Crippen molar-refractivity contribution in [2.24, 2.45) is 0 Å². The van der Waals surface area contributed by atoms with Crippen LogP contribution in [0.1, 0.15) is 23.0 Å². The molecular weight excluding hydrogens is 556 g/mol. The summed E-state index contributed by atoms with van der Waals surface area (Å²) in [6.07, 6.45) is 2.75. The van der Waals surface area contributed by atoms with Gasteiger partial charge in [0.05, 0.1) is 30.5 Å². The van der Waals surface area contributed by atoms with Gasteiger partial charge in [-0.3, -0.25) is 4.79 Å². The fourth-order valence-electron chi connectivity index (χ4n) is 5.15. The number of ether oxygens (including phenoxy) is 1. The van der Waals surface area contributed by atoms with Gasteiger partial charge in [-0.05, 0) is 31.7 Å². The molecule has 0 saturated carbocycles. The van der Waals surface area contributed by atoms with Crippen LogP contribution >= 0.6 is 0 Å². The summed E-state index contributed by atoms with van der Waals surface area (Å²) in [5.74, 6) is -6.28. The molecule has 0 atom stereocenters. The third kappa shape index (κ3) is 5.29. The molecule has 2 saturated heterocycles. The van der Waals surface area contributed by atoms with Gasteiger partial charge < -0.3 is 29.7 Å². The van der Waals surface area contributed by atoms with Crippen molar-refractivity contribution >= 4 is 34.1 Å². The van der Waals surface area contributed by atoms with Gasteiger partial charge in [0.2, 0.25) is 5.88 Å². The van der Waals surface area contributed by atoms with Gasteiger partial charge in [-0.1, -0.05) is 6.92 Å². The monoisotopic (exact) mass is 584 g/mol. The average molecular weight is 585 g/mol. The third-order valence-electron chi connectivity index (χ3n) is 7.45. The number of nitrogens with one attached hydrogen (secondary N) is 2. The highest BCUT2D eigenvalue weighted by molar-refractivity contribution is 6.02. The number of aryl methyl sites for hydroxylation is 1. The number of pyridine rings is 1. The second-order valence-electron chi connectivity index (χ2n) is 10.4. The number of hydrogen-bond donors (Lipinski definition) is 2. The van der Waals surface area contributed by atoms with Crippen LogP contribution in [0.4, 0.5) is 34.9 Å². The first-order valence-electron chi connectivity index (χ1n) is 13.5. The fraction of sp³-hybridized carbons (Fsp3) is 0.357. The first-order valence-corrected chi connectivity index (χ1v) is 13.5. The lowest BCUT2D eigenvalue weighted by atomic mass is 10.1. The summed E-state index contributed by atoms with van der Waals surface area (Å²) >= 11 is 0. The van der Waals surface area contributed by atoms with Crippen molar-refractivity contribution in [2.75, 3.05) is 56.0 Å². The highest BCUT2D eigenvalue weighted by Gasteiger charge is 2.47. The Morgan fingerprint density at radius 3 is 2.52 bits per heavy atom. The number of carbonyl (C=O) groups excluding carboxylic acids is 1. The van der Waals surface area contributed by atoms with Crippen molar-refractivity contribution in [3.05, 3.63) is 59.7 Å². The number of fused-ring (bicyclic) bond motifs is 1. The molecule has 4 aromatic rings. The fourth-order valence-corrected chi connectivity index (χ4v) is 5.15. The Morgan fingerprint density at radius 1 is 1.10 bits per heavy atom. The van der Waals surface area contributed by atoms with E-state index in [2.05, 4.69) is 42.0 Å². The van der Waals surface area contributed by atoms with E-state index in [1.807, 2.05) is 6.07 Å². The van der Waals surface area contributed by atoms with Crippen LogP contribution < -0.4 is 15.0 Å². The van der Waals surface area contributed by atoms with E-state index in [0.29, 0.717) is 11.5 Å². The van der Waals surface area contributed by atoms with Crippen LogP contribution in [-0.2, 0) is 0 Å². The van der Waals surface area contributed by atoms with Crippen LogP contribution in [0.3, 0.4) is 0 Å². The number of aromatic nitrogens is 4. The number of piperazine rings is 1. The third-order valence-corrected chi connectivity index (χ3v) is 7.45. The van der Waals surface area contributed by atoms with Crippen LogP contribution in [-0.4, -0.2) is 87.4 Å². The van der Waals surface area contributed by atoms with E-state index in [1.54, 1.807) is 19.2 Å². The number of amides is 1. The zero-order valence-electron chi connectivity index (χ0n) is 22.9. The standard InChI is InChI=1S/C28H28F4N8O2/c1-3-38-6-8-39(9-7-38)17-4-5-21(33-12-17)37-25-22(27(41)40-13-28(31,32)14-40)26(35-15-34-25)42-20-11-19(29)24-18(23(20)30)10-16(2)36-24/h4-5,10-12,15,36H,3,6-9,13-14H2,1-2H3,(H,33,34,35,37). The number of carbonyl (C=O) groups is 1. The van der Waals surface area contributed by atoms with Gasteiger partial charge >= 0.3 is 0 Å². The molecule has 0 spiro atoms. The molecule has 2 aliphatic heterocycles. The summed E-state index contributed by atoms with van der Waals surface area (Å²) in [6, 6.07) is 5.82. The molecule has 0 aliphatic carbocycles. The summed E-state index contributed by atoms with van der Waals surface area (Å²) in [5.41, 5.74) is 1.10. The molecule has 6 rings (SSSR count). The van der Waals surface area contributed by atoms with E-state index in [4.69, 9.17) is 4.74 Å². The zero-order valence-corrected chi connectivity index (χ0v) is 22.9. The summed E-state index contributed by atoms with van der Waals surface area (Å²) in [6.45, 7) is 6.77. The van der Waals surface area contributed by atoms with Gasteiger partial charge in [0, 0.05) is 43.3 Å². The topological polar surface area (TPSA) is 103 Å². The quantitative estimate of drug-likeness (QED) is 0.301. The Labute approximate surface area is 238 Å². The number of likely N-dealkylation sites (N-methyl/N-ethyl adjacent to an activating group) is 1. The highest BCUT2D eigenvalue weighted by Crippen LogP contribution is 2.37. The number of likely N-dealkylation sites (tertiary alicyclic amines) is 1. The molecule has 0 unspecified atom stereocenters. The van der Waals surface area contributed by atoms with Crippen molar-refractivity contribution in [3.8, 4) is 11.6 Å². The normalized spacial score (nSPS) is 16.9. The number of benzene rings is 1. The number of H-pyrrole nitrogens is 1. The molecule has 1 aromatic carbocycles. The second-order valence-corrected chi connectivity index (χ2v) is 10.4. The van der Waals surface area contributed by atoms with Crippen LogP contribution in [0, 0.1) is 18.6 Å². The number of nitrogens with zero attached hydrogens (tertiary/aromatic N) is 6. The SMILES string of the molecule is CCN1CCN(c2ccc(Nc3ncnc(Oc4cc(F)c5[nH]c(C)cc5c4F)c3C(=O)N3CC(F)(F)C3)nc2)CC1. The van der Waals surface area contributed by atoms with Gasteiger partial charge in [-0.25, -0.2) is 32.5 Å². The maximum Gasteiger partial charge on any atom is 0.282 e. The van der Waals surface area contributed by atoms with E-state index in [-0.39, 0.29) is 22.3 Å². The molecule has 10 nitrogen and oxygen atoms in total. The molecule has 2 N–H and O–H groups in total. The Hall–Kier alpha value is -4.46. The number of hydrogen-bond acceptors (Lipinski definition) is 8. The van der Waals surface area contributed by atoms with Crippen molar-refractivity contribution in [1.82, 2.24) is 29.7 Å². The molecule has 2 fully saturated rings. The lowest BCUT2D eigenvalue weighted by Gasteiger charge is -2.38. The first-order chi connectivity index (χ1) is 20.1. The molecule has 220 valence electrons. The van der Waals surface area contributed by atoms with Crippen molar-refractivity contribution in [1.29, 1.82) is 0 Å². The Bertz CT molecular complexity index is 1630. The van der Waals surface area contributed by atoms with Crippen LogP contribution in [0.2, 0.25) is 0 Å². The molecule has 0 bridgehead atoms. The molecular formula is C28H28F4N8O2. The number of rotatable bonds is 7. The predicted molar refractivity (Wildman–Crippen MR) is 148 cm³/mol. The van der Waals surface area contributed by atoms with Crippen LogP contribution in [0.25, 0.3) is 10.9 Å². The molecule has 2 aliphatic rings. The molecule has 42 heavy (non-hydrogen) atoms. The minimum Gasteiger partial charge on any atom is -0.435 e. The van der Waals surface area contributed by atoms with E-state index in [1.165, 1.54) is 6.07 Å². The van der Waals surface area contributed by atoms with Crippen LogP contribution in [0.15, 0.2) is 36.8 Å². The van der Waals surface area contributed by atoms with Gasteiger partial charge in [0.15, 0.2) is 23.2 Å². The largest absolute Gasteiger partial charge is 0.435 e. The zero-order chi connectivity index (χ0) is 29.6. The molecule has 1 amide bonds. The van der Waals surface area contributed by atoms with Crippen molar-refractivity contribution in [2.45, 2.75) is 19.8 Å². The average Bonchev–Trinajstić information content (AvgIpc) is 3.37.